The molecule has 91 valence electrons. The fourth-order valence-corrected chi connectivity index (χ4v) is 7.24. The molecule has 0 aliphatic rings. The highest BCUT2D eigenvalue weighted by Crippen LogP contribution is 2.26. The summed E-state index contributed by atoms with van der Waals surface area (Å²) in [4.78, 5) is 0. The van der Waals surface area contributed by atoms with Gasteiger partial charge in [-0.15, -0.1) is 0 Å². The highest BCUT2D eigenvalue weighted by molar-refractivity contribution is 6.74. The maximum absolute atomic E-state index is 5.69. The van der Waals surface area contributed by atoms with Crippen molar-refractivity contribution in [2.75, 3.05) is 19.8 Å². The van der Waals surface area contributed by atoms with E-state index in [1.807, 2.05) is 0 Å². The normalized spacial score (nSPS) is 17.6. The Kier molecular flexibility index (Phi) is 10.1. The molecule has 0 bridgehead atoms. The molecule has 0 amide bonds. The molecule has 0 aliphatic carbocycles. The molecule has 1 radical (unpaired) electrons. The molecule has 0 heterocycles. The summed E-state index contributed by atoms with van der Waals surface area (Å²) < 4.78 is 17.4. The van der Waals surface area contributed by atoms with E-state index in [0.717, 1.165) is 26.2 Å². The second-order valence-electron chi connectivity index (χ2n) is 3.66. The third-order valence-corrected chi connectivity index (χ3v) is 10.8. The van der Waals surface area contributed by atoms with Gasteiger partial charge in [0, 0.05) is 24.1 Å². The van der Waals surface area contributed by atoms with Crippen molar-refractivity contribution in [1.29, 1.82) is 0 Å². The van der Waals surface area contributed by atoms with Crippen molar-refractivity contribution in [3.8, 4) is 0 Å². The molecular formula is C9H25O3Si3. The quantitative estimate of drug-likeness (QED) is 0.505. The van der Waals surface area contributed by atoms with Crippen LogP contribution in [0, 0.1) is 6.92 Å². The zero-order valence-electron chi connectivity index (χ0n) is 10.4. The summed E-state index contributed by atoms with van der Waals surface area (Å²) in [5.74, 6) is 0. The van der Waals surface area contributed by atoms with Gasteiger partial charge in [0.2, 0.25) is 0 Å². The van der Waals surface area contributed by atoms with Crippen molar-refractivity contribution in [3.63, 3.8) is 0 Å². The van der Waals surface area contributed by atoms with Crippen LogP contribution in [0.25, 0.3) is 0 Å². The minimum Gasteiger partial charge on any atom is -0.424 e. The predicted molar refractivity (Wildman–Crippen MR) is 73.2 cm³/mol. The van der Waals surface area contributed by atoms with Gasteiger partial charge in [0.15, 0.2) is 29.3 Å². The smallest absolute Gasteiger partial charge is 0.165 e. The molecule has 0 saturated heterocycles. The summed E-state index contributed by atoms with van der Waals surface area (Å²) in [6, 6.07) is 0. The molecule has 0 aromatic rings. The Morgan fingerprint density at radius 1 is 0.867 bits per heavy atom. The van der Waals surface area contributed by atoms with Crippen LogP contribution >= 0.6 is 0 Å². The lowest BCUT2D eigenvalue weighted by Crippen LogP contribution is -2.37. The van der Waals surface area contributed by atoms with E-state index in [4.69, 9.17) is 13.3 Å². The number of hydrogen-bond acceptors (Lipinski definition) is 3. The number of rotatable bonds is 10. The van der Waals surface area contributed by atoms with Gasteiger partial charge in [0.1, 0.15) is 0 Å². The van der Waals surface area contributed by atoms with Crippen LogP contribution in [-0.4, -0.2) is 49.1 Å². The first-order valence-corrected chi connectivity index (χ1v) is 9.62. The van der Waals surface area contributed by atoms with E-state index in [9.17, 15) is 0 Å². The fraction of sp³-hybridized carbons (Fsp3) is 0.889. The van der Waals surface area contributed by atoms with Crippen molar-refractivity contribution in [1.82, 2.24) is 0 Å². The van der Waals surface area contributed by atoms with Gasteiger partial charge in [-0.2, -0.15) is 0 Å². The molecule has 0 aromatic carbocycles. The second-order valence-corrected chi connectivity index (χ2v) is 13.3. The Balaban J connectivity index is 4.16. The molecule has 0 N–H and O–H groups in total. The summed E-state index contributed by atoms with van der Waals surface area (Å²) in [5.41, 5.74) is 0. The van der Waals surface area contributed by atoms with Crippen molar-refractivity contribution in [2.24, 2.45) is 0 Å². The lowest BCUT2D eigenvalue weighted by molar-refractivity contribution is 0.318. The average Bonchev–Trinajstić information content (AvgIpc) is 2.29. The molecule has 0 aliphatic heterocycles. The van der Waals surface area contributed by atoms with Gasteiger partial charge >= 0.3 is 0 Å². The molecule has 0 rings (SSSR count). The van der Waals surface area contributed by atoms with Crippen LogP contribution in [0.5, 0.6) is 0 Å². The molecule has 3 nitrogen and oxygen atoms in total. The Morgan fingerprint density at radius 3 is 1.40 bits per heavy atom. The van der Waals surface area contributed by atoms with Gasteiger partial charge in [-0.05, 0) is 27.2 Å². The van der Waals surface area contributed by atoms with Gasteiger partial charge in [0.05, 0.1) is 0 Å². The molecule has 0 spiro atoms. The Bertz CT molecular complexity index is 125. The molecule has 0 fully saturated rings. The van der Waals surface area contributed by atoms with Crippen molar-refractivity contribution < 1.29 is 13.3 Å². The minimum absolute atomic E-state index is 0.335. The average molecular weight is 266 g/mol. The first-order chi connectivity index (χ1) is 7.24. The van der Waals surface area contributed by atoms with Gasteiger partial charge < -0.3 is 13.3 Å². The van der Waals surface area contributed by atoms with E-state index in [1.165, 1.54) is 0 Å². The van der Waals surface area contributed by atoms with Crippen molar-refractivity contribution in [2.45, 2.75) is 31.5 Å². The zero-order chi connectivity index (χ0) is 11.6. The Hall–Kier alpha value is 0.531. The van der Waals surface area contributed by atoms with Crippen LogP contribution in [0.4, 0.5) is 0 Å². The van der Waals surface area contributed by atoms with Crippen molar-refractivity contribution >= 4 is 29.3 Å². The zero-order valence-corrected chi connectivity index (χ0v) is 14.6. The summed E-state index contributed by atoms with van der Waals surface area (Å²) in [6.07, 6.45) is 0.956. The topological polar surface area (TPSA) is 27.7 Å². The van der Waals surface area contributed by atoms with E-state index >= 15 is 0 Å². The molecule has 0 atom stereocenters. The lowest BCUT2D eigenvalue weighted by atomic mass is 10.6. The third-order valence-electron chi connectivity index (χ3n) is 2.37. The van der Waals surface area contributed by atoms with Crippen LogP contribution < -0.4 is 0 Å². The first-order valence-electron chi connectivity index (χ1n) is 5.77. The lowest BCUT2D eigenvalue weighted by Gasteiger charge is -2.29. The molecule has 15 heavy (non-hydrogen) atoms. The van der Waals surface area contributed by atoms with E-state index < -0.39 is 29.3 Å². The van der Waals surface area contributed by atoms with Crippen molar-refractivity contribution in [3.05, 3.63) is 6.92 Å². The summed E-state index contributed by atoms with van der Waals surface area (Å²) in [5, 5.41) is 0. The van der Waals surface area contributed by atoms with Crippen LogP contribution in [0.15, 0.2) is 0 Å². The summed E-state index contributed by atoms with van der Waals surface area (Å²) in [6.45, 7) is 12.7. The van der Waals surface area contributed by atoms with E-state index in [-0.39, 0.29) is 0 Å². The van der Waals surface area contributed by atoms with E-state index in [2.05, 4.69) is 27.7 Å². The van der Waals surface area contributed by atoms with Crippen LogP contribution in [-0.2, 0) is 13.3 Å². The molecule has 0 aromatic heterocycles. The molecular weight excluding hydrogens is 240 g/mol. The standard InChI is InChI=1S/C9H25O3Si3/c1-5-9(13-10-6-2,14-11-7-3)15-12-8-4/h1,5-8,13-15H2,2-4H3. The Labute approximate surface area is 101 Å². The minimum atomic E-state index is -0.511. The van der Waals surface area contributed by atoms with Gasteiger partial charge in [-0.1, -0.05) is 6.92 Å². The highest BCUT2D eigenvalue weighted by Gasteiger charge is 2.31. The summed E-state index contributed by atoms with van der Waals surface area (Å²) >= 11 is 0. The monoisotopic (exact) mass is 265 g/mol. The second kappa shape index (κ2) is 9.74. The molecule has 6 heteroatoms. The molecule has 0 unspecified atom stereocenters. The molecule has 0 saturated carbocycles. The highest BCUT2D eigenvalue weighted by atomic mass is 28.4. The van der Waals surface area contributed by atoms with E-state index in [1.54, 1.807) is 0 Å². The maximum atomic E-state index is 5.69. The first kappa shape index (κ1) is 15.5. The van der Waals surface area contributed by atoms with Gasteiger partial charge in [0.25, 0.3) is 0 Å². The van der Waals surface area contributed by atoms with Crippen LogP contribution in [0.1, 0.15) is 27.2 Å². The predicted octanol–water partition coefficient (Wildman–Crippen LogP) is -0.355. The van der Waals surface area contributed by atoms with Gasteiger partial charge in [-0.3, -0.25) is 0 Å². The maximum Gasteiger partial charge on any atom is 0.165 e. The number of hydrogen-bond donors (Lipinski definition) is 0. The fourth-order valence-electron chi connectivity index (χ4n) is 1.30. The van der Waals surface area contributed by atoms with Gasteiger partial charge in [-0.25, -0.2) is 0 Å². The van der Waals surface area contributed by atoms with Crippen LogP contribution in [0.2, 0.25) is 4.28 Å². The SMILES string of the molecule is [CH2]CC([SiH2]OCC)([SiH2]OCC)[SiH2]OCC. The van der Waals surface area contributed by atoms with Crippen LogP contribution in [0.3, 0.4) is 0 Å². The Morgan fingerprint density at radius 2 is 1.20 bits per heavy atom. The largest absolute Gasteiger partial charge is 0.424 e. The van der Waals surface area contributed by atoms with E-state index in [0.29, 0.717) is 4.28 Å². The summed E-state index contributed by atoms with van der Waals surface area (Å²) in [7, 11) is -1.53. The third kappa shape index (κ3) is 6.64.